The first-order chi connectivity index (χ1) is 14.2. The van der Waals surface area contributed by atoms with E-state index in [9.17, 15) is 9.90 Å². The molecule has 2 aromatic carbocycles. The largest absolute Gasteiger partial charge is 0.507 e. The first kappa shape index (κ1) is 26.0. The zero-order valence-electron chi connectivity index (χ0n) is 22.2. The molecule has 3 nitrogen and oxygen atoms in total. The van der Waals surface area contributed by atoms with Gasteiger partial charge in [-0.25, -0.2) is 4.79 Å². The summed E-state index contributed by atoms with van der Waals surface area (Å²) >= 11 is 0. The van der Waals surface area contributed by atoms with Crippen molar-refractivity contribution in [3.05, 3.63) is 58.1 Å². The molecule has 0 fully saturated rings. The summed E-state index contributed by atoms with van der Waals surface area (Å²) in [5.41, 5.74) is 3.44. The van der Waals surface area contributed by atoms with Crippen molar-refractivity contribution in [2.45, 2.75) is 105 Å². The number of esters is 1. The van der Waals surface area contributed by atoms with Gasteiger partial charge in [0.05, 0.1) is 5.56 Å². The Hall–Kier alpha value is -2.29. The van der Waals surface area contributed by atoms with E-state index in [0.717, 1.165) is 22.3 Å². The molecule has 0 bridgehead atoms. The Labute approximate surface area is 195 Å². The second kappa shape index (κ2) is 8.24. The normalized spacial score (nSPS) is 13.2. The van der Waals surface area contributed by atoms with Gasteiger partial charge in [0.1, 0.15) is 11.5 Å². The summed E-state index contributed by atoms with van der Waals surface area (Å²) in [5.74, 6) is 0.397. The number of hydrogen-bond donors (Lipinski definition) is 1. The molecule has 0 amide bonds. The van der Waals surface area contributed by atoms with Gasteiger partial charge in [0.25, 0.3) is 0 Å². The van der Waals surface area contributed by atoms with Gasteiger partial charge in [0, 0.05) is 11.1 Å². The smallest absolute Gasteiger partial charge is 0.343 e. The highest BCUT2D eigenvalue weighted by molar-refractivity contribution is 5.92. The van der Waals surface area contributed by atoms with Crippen molar-refractivity contribution in [2.24, 2.45) is 0 Å². The summed E-state index contributed by atoms with van der Waals surface area (Å²) in [6.07, 6.45) is 0. The van der Waals surface area contributed by atoms with E-state index in [1.807, 2.05) is 53.7 Å². The van der Waals surface area contributed by atoms with Gasteiger partial charge in [-0.1, -0.05) is 89.2 Å². The van der Waals surface area contributed by atoms with E-state index in [4.69, 9.17) is 4.74 Å². The minimum Gasteiger partial charge on any atom is -0.507 e. The molecule has 2 aromatic rings. The molecule has 3 heteroatoms. The van der Waals surface area contributed by atoms with Crippen molar-refractivity contribution < 1.29 is 14.6 Å². The summed E-state index contributed by atoms with van der Waals surface area (Å²) in [6.45, 7) is 25.2. The maximum absolute atomic E-state index is 13.3. The fourth-order valence-corrected chi connectivity index (χ4v) is 3.59. The lowest BCUT2D eigenvalue weighted by molar-refractivity contribution is 0.0734. The highest BCUT2D eigenvalue weighted by Gasteiger charge is 2.29. The van der Waals surface area contributed by atoms with Crippen LogP contribution in [0.1, 0.15) is 116 Å². The minimum absolute atomic E-state index is 0.0697. The summed E-state index contributed by atoms with van der Waals surface area (Å²) in [5, 5.41) is 11.0. The van der Waals surface area contributed by atoms with Crippen LogP contribution in [-0.2, 0) is 21.7 Å². The van der Waals surface area contributed by atoms with Gasteiger partial charge in [-0.15, -0.1) is 0 Å². The van der Waals surface area contributed by atoms with Crippen molar-refractivity contribution in [3.8, 4) is 11.5 Å². The molecule has 0 unspecified atom stereocenters. The molecule has 2 rings (SSSR count). The summed E-state index contributed by atoms with van der Waals surface area (Å²) in [7, 11) is 0. The molecule has 0 aliphatic heterocycles. The van der Waals surface area contributed by atoms with Crippen molar-refractivity contribution in [2.75, 3.05) is 0 Å². The molecule has 0 saturated carbocycles. The third-order valence-corrected chi connectivity index (χ3v) is 5.81. The fraction of sp³-hybridized carbons (Fsp3) is 0.552. The van der Waals surface area contributed by atoms with Crippen LogP contribution in [0.2, 0.25) is 0 Å². The van der Waals surface area contributed by atoms with Gasteiger partial charge in [-0.05, 0) is 57.1 Å². The molecule has 0 aliphatic carbocycles. The predicted molar refractivity (Wildman–Crippen MR) is 134 cm³/mol. The van der Waals surface area contributed by atoms with Gasteiger partial charge in [-0.2, -0.15) is 0 Å². The van der Waals surface area contributed by atoms with E-state index >= 15 is 0 Å². The van der Waals surface area contributed by atoms with Crippen LogP contribution in [0.4, 0.5) is 0 Å². The molecule has 0 radical (unpaired) electrons. The van der Waals surface area contributed by atoms with Crippen LogP contribution in [0.5, 0.6) is 11.5 Å². The molecule has 0 atom stereocenters. The SMILES string of the molecule is CC(C)(C)c1cc(OC(=O)c2cc(C(C)(C)C)c(O)c(C(C)(C)C)c2)cc(C(C)(C)C)c1. The molecule has 0 saturated heterocycles. The quantitative estimate of drug-likeness (QED) is 0.384. The van der Waals surface area contributed by atoms with E-state index in [2.05, 4.69) is 47.6 Å². The van der Waals surface area contributed by atoms with Crippen molar-refractivity contribution in [1.82, 2.24) is 0 Å². The molecule has 0 aromatic heterocycles. The zero-order chi connectivity index (χ0) is 24.9. The second-order valence-corrected chi connectivity index (χ2v) is 13.1. The van der Waals surface area contributed by atoms with Crippen LogP contribution in [0, 0.1) is 0 Å². The van der Waals surface area contributed by atoms with Gasteiger partial charge in [0.2, 0.25) is 0 Å². The Balaban J connectivity index is 2.60. The lowest BCUT2D eigenvalue weighted by atomic mass is 9.78. The molecule has 0 spiro atoms. The van der Waals surface area contributed by atoms with Crippen LogP contribution < -0.4 is 4.74 Å². The molecular formula is C29H42O3. The lowest BCUT2D eigenvalue weighted by Gasteiger charge is -2.28. The summed E-state index contributed by atoms with van der Waals surface area (Å²) in [4.78, 5) is 13.3. The number of carbonyl (C=O) groups excluding carboxylic acids is 1. The van der Waals surface area contributed by atoms with E-state index in [0.29, 0.717) is 11.3 Å². The lowest BCUT2D eigenvalue weighted by Crippen LogP contribution is -2.20. The summed E-state index contributed by atoms with van der Waals surface area (Å²) in [6, 6.07) is 9.66. The number of hydrogen-bond acceptors (Lipinski definition) is 3. The van der Waals surface area contributed by atoms with Crippen LogP contribution in [0.15, 0.2) is 30.3 Å². The number of phenols is 1. The zero-order valence-corrected chi connectivity index (χ0v) is 22.2. The number of rotatable bonds is 2. The number of carbonyl (C=O) groups is 1. The molecular weight excluding hydrogens is 396 g/mol. The van der Waals surface area contributed by atoms with E-state index in [-0.39, 0.29) is 27.4 Å². The molecule has 0 heterocycles. The van der Waals surface area contributed by atoms with Crippen LogP contribution in [0.3, 0.4) is 0 Å². The van der Waals surface area contributed by atoms with Crippen LogP contribution >= 0.6 is 0 Å². The Morgan fingerprint density at radius 3 is 1.31 bits per heavy atom. The van der Waals surface area contributed by atoms with E-state index < -0.39 is 5.97 Å². The van der Waals surface area contributed by atoms with Crippen molar-refractivity contribution in [3.63, 3.8) is 0 Å². The van der Waals surface area contributed by atoms with Gasteiger partial charge < -0.3 is 9.84 Å². The number of aromatic hydroxyl groups is 1. The average Bonchev–Trinajstić information content (AvgIpc) is 2.58. The highest BCUT2D eigenvalue weighted by atomic mass is 16.5. The third kappa shape index (κ3) is 5.94. The third-order valence-electron chi connectivity index (χ3n) is 5.81. The van der Waals surface area contributed by atoms with E-state index in [1.54, 1.807) is 12.1 Å². The van der Waals surface area contributed by atoms with Crippen LogP contribution in [0.25, 0.3) is 0 Å². The first-order valence-corrected chi connectivity index (χ1v) is 11.5. The molecule has 0 aliphatic rings. The predicted octanol–water partition coefficient (Wildman–Crippen LogP) is 7.80. The fourth-order valence-electron chi connectivity index (χ4n) is 3.59. The Morgan fingerprint density at radius 1 is 0.625 bits per heavy atom. The Morgan fingerprint density at radius 2 is 1.00 bits per heavy atom. The maximum Gasteiger partial charge on any atom is 0.343 e. The van der Waals surface area contributed by atoms with Gasteiger partial charge >= 0.3 is 5.97 Å². The number of phenolic OH excluding ortho intramolecular Hbond substituents is 1. The Kier molecular flexibility index (Phi) is 6.69. The van der Waals surface area contributed by atoms with Gasteiger partial charge in [0.15, 0.2) is 0 Å². The molecule has 1 N–H and O–H groups in total. The van der Waals surface area contributed by atoms with E-state index in [1.165, 1.54) is 0 Å². The maximum atomic E-state index is 13.3. The number of ether oxygens (including phenoxy) is 1. The highest BCUT2D eigenvalue weighted by Crippen LogP contribution is 2.40. The monoisotopic (exact) mass is 438 g/mol. The number of benzene rings is 2. The first-order valence-electron chi connectivity index (χ1n) is 11.5. The summed E-state index contributed by atoms with van der Waals surface area (Å²) < 4.78 is 5.93. The molecule has 176 valence electrons. The Bertz CT molecular complexity index is 933. The second-order valence-electron chi connectivity index (χ2n) is 13.1. The molecule has 32 heavy (non-hydrogen) atoms. The van der Waals surface area contributed by atoms with Crippen LogP contribution in [-0.4, -0.2) is 11.1 Å². The van der Waals surface area contributed by atoms with Crippen molar-refractivity contribution in [1.29, 1.82) is 0 Å². The average molecular weight is 439 g/mol. The topological polar surface area (TPSA) is 46.5 Å². The standard InChI is InChI=1S/C29H42O3/c1-26(2,3)19-15-20(27(4,5)6)17-21(16-19)32-25(31)18-13-22(28(7,8)9)24(30)23(14-18)29(10,11)12/h13-17,30H,1-12H3. The van der Waals surface area contributed by atoms with Crippen molar-refractivity contribution >= 4 is 5.97 Å². The minimum atomic E-state index is -0.410. The van der Waals surface area contributed by atoms with Gasteiger partial charge in [-0.3, -0.25) is 0 Å².